The topological polar surface area (TPSA) is 85.8 Å². The van der Waals surface area contributed by atoms with Gasteiger partial charge in [-0.1, -0.05) is 13.8 Å². The Balaban J connectivity index is 2.09. The van der Waals surface area contributed by atoms with Crippen LogP contribution in [0.1, 0.15) is 37.6 Å². The third-order valence-corrected chi connectivity index (χ3v) is 3.50. The first kappa shape index (κ1) is 16.2. The van der Waals surface area contributed by atoms with Crippen molar-refractivity contribution >= 4 is 5.91 Å². The van der Waals surface area contributed by atoms with Gasteiger partial charge in [-0.05, 0) is 31.4 Å². The van der Waals surface area contributed by atoms with Gasteiger partial charge in [0.2, 0.25) is 0 Å². The van der Waals surface area contributed by atoms with Crippen LogP contribution in [0.15, 0.2) is 37.1 Å². The number of hydrogen-bond acceptors (Lipinski definition) is 4. The van der Waals surface area contributed by atoms with Crippen molar-refractivity contribution in [3.63, 3.8) is 0 Å². The van der Waals surface area contributed by atoms with Gasteiger partial charge in [0, 0.05) is 30.7 Å². The summed E-state index contributed by atoms with van der Waals surface area (Å²) in [5.74, 6) is 1.02. The molecule has 0 fully saturated rings. The fourth-order valence-electron chi connectivity index (χ4n) is 2.50. The summed E-state index contributed by atoms with van der Waals surface area (Å²) in [6.45, 7) is 6.60. The number of amides is 1. The molecule has 6 nitrogen and oxygen atoms in total. The molecule has 1 unspecified atom stereocenters. The molecule has 0 saturated carbocycles. The third kappa shape index (κ3) is 3.92. The summed E-state index contributed by atoms with van der Waals surface area (Å²) < 4.78 is 1.78. The van der Waals surface area contributed by atoms with Crippen molar-refractivity contribution in [3.05, 3.63) is 42.6 Å². The molecule has 1 amide bonds. The molecular formula is C16H23N5O. The molecule has 0 aromatic carbocycles. The standard InChI is InChI=1S/C16H23N5O/c1-12(2)8-16(3,10-17)20-15(22)13-4-5-14(19-9-13)21-7-6-18-11-21/h4-7,9,11-12H,8,10,17H2,1-3H3,(H,20,22). The lowest BCUT2D eigenvalue weighted by Gasteiger charge is -2.31. The van der Waals surface area contributed by atoms with Crippen molar-refractivity contribution in [2.24, 2.45) is 11.7 Å². The fourth-order valence-corrected chi connectivity index (χ4v) is 2.50. The number of nitrogens with zero attached hydrogens (tertiary/aromatic N) is 3. The van der Waals surface area contributed by atoms with Crippen LogP contribution in [0.5, 0.6) is 0 Å². The molecule has 2 aromatic heterocycles. The second-order valence-electron chi connectivity index (χ2n) is 6.19. The molecule has 2 rings (SSSR count). The summed E-state index contributed by atoms with van der Waals surface area (Å²) in [5.41, 5.74) is 5.94. The van der Waals surface area contributed by atoms with E-state index in [0.717, 1.165) is 12.2 Å². The number of rotatable bonds is 6. The number of nitrogens with two attached hydrogens (primary N) is 1. The molecule has 118 valence electrons. The van der Waals surface area contributed by atoms with E-state index in [1.807, 2.05) is 6.92 Å². The molecule has 6 heteroatoms. The van der Waals surface area contributed by atoms with Gasteiger partial charge in [0.15, 0.2) is 0 Å². The van der Waals surface area contributed by atoms with E-state index in [4.69, 9.17) is 5.73 Å². The van der Waals surface area contributed by atoms with Gasteiger partial charge >= 0.3 is 0 Å². The highest BCUT2D eigenvalue weighted by Crippen LogP contribution is 2.16. The smallest absolute Gasteiger partial charge is 0.253 e. The number of pyridine rings is 1. The first-order valence-corrected chi connectivity index (χ1v) is 7.40. The van der Waals surface area contributed by atoms with Gasteiger partial charge in [0.05, 0.1) is 5.56 Å². The Morgan fingerprint density at radius 2 is 2.23 bits per heavy atom. The highest BCUT2D eigenvalue weighted by molar-refractivity contribution is 5.94. The number of carbonyl (C=O) groups excluding carboxylic acids is 1. The van der Waals surface area contributed by atoms with E-state index < -0.39 is 5.54 Å². The molecular weight excluding hydrogens is 278 g/mol. The van der Waals surface area contributed by atoms with E-state index in [-0.39, 0.29) is 5.91 Å². The largest absolute Gasteiger partial charge is 0.346 e. The molecule has 1 atom stereocenters. The van der Waals surface area contributed by atoms with Crippen LogP contribution in [0.3, 0.4) is 0 Å². The average Bonchev–Trinajstić information content (AvgIpc) is 3.00. The minimum absolute atomic E-state index is 0.154. The summed E-state index contributed by atoms with van der Waals surface area (Å²) in [6, 6.07) is 3.54. The van der Waals surface area contributed by atoms with Gasteiger partial charge in [-0.3, -0.25) is 9.36 Å². The van der Waals surface area contributed by atoms with E-state index in [1.54, 1.807) is 41.6 Å². The zero-order chi connectivity index (χ0) is 16.2. The van der Waals surface area contributed by atoms with Crippen LogP contribution in [0, 0.1) is 5.92 Å². The molecule has 0 bridgehead atoms. The Labute approximate surface area is 130 Å². The Morgan fingerprint density at radius 1 is 1.45 bits per heavy atom. The molecule has 0 aliphatic carbocycles. The molecule has 3 N–H and O–H groups in total. The second-order valence-corrected chi connectivity index (χ2v) is 6.19. The summed E-state index contributed by atoms with van der Waals surface area (Å²) in [6.07, 6.45) is 7.54. The van der Waals surface area contributed by atoms with Crippen LogP contribution in [-0.4, -0.2) is 32.5 Å². The number of carbonyl (C=O) groups is 1. The van der Waals surface area contributed by atoms with E-state index in [9.17, 15) is 4.79 Å². The fraction of sp³-hybridized carbons (Fsp3) is 0.438. The molecule has 2 aromatic rings. The third-order valence-electron chi connectivity index (χ3n) is 3.50. The Morgan fingerprint density at radius 3 is 2.73 bits per heavy atom. The van der Waals surface area contributed by atoms with Crippen molar-refractivity contribution in [1.29, 1.82) is 0 Å². The number of aromatic nitrogens is 3. The lowest BCUT2D eigenvalue weighted by molar-refractivity contribution is 0.0898. The maximum Gasteiger partial charge on any atom is 0.253 e. The highest BCUT2D eigenvalue weighted by atomic mass is 16.1. The lowest BCUT2D eigenvalue weighted by atomic mass is 9.90. The van der Waals surface area contributed by atoms with Crippen molar-refractivity contribution in [1.82, 2.24) is 19.9 Å². The zero-order valence-corrected chi connectivity index (χ0v) is 13.3. The van der Waals surface area contributed by atoms with Crippen LogP contribution >= 0.6 is 0 Å². The molecule has 0 aliphatic heterocycles. The van der Waals surface area contributed by atoms with Gasteiger partial charge in [0.25, 0.3) is 5.91 Å². The van der Waals surface area contributed by atoms with E-state index in [2.05, 4.69) is 29.1 Å². The van der Waals surface area contributed by atoms with Gasteiger partial charge in [-0.2, -0.15) is 0 Å². The van der Waals surface area contributed by atoms with Crippen molar-refractivity contribution in [2.75, 3.05) is 6.54 Å². The predicted molar refractivity (Wildman–Crippen MR) is 85.7 cm³/mol. The molecule has 0 radical (unpaired) electrons. The van der Waals surface area contributed by atoms with Crippen LogP contribution in [-0.2, 0) is 0 Å². The molecule has 0 spiro atoms. The normalized spacial score (nSPS) is 13.9. The van der Waals surface area contributed by atoms with Crippen LogP contribution in [0.4, 0.5) is 0 Å². The Kier molecular flexibility index (Phi) is 4.92. The zero-order valence-electron chi connectivity index (χ0n) is 13.3. The quantitative estimate of drug-likeness (QED) is 0.851. The van der Waals surface area contributed by atoms with E-state index in [1.165, 1.54) is 0 Å². The number of hydrogen-bond donors (Lipinski definition) is 2. The van der Waals surface area contributed by atoms with Gasteiger partial charge in [-0.25, -0.2) is 9.97 Å². The van der Waals surface area contributed by atoms with Crippen LogP contribution in [0.2, 0.25) is 0 Å². The Bertz CT molecular complexity index is 606. The number of imidazole rings is 1. The molecule has 0 aliphatic rings. The van der Waals surface area contributed by atoms with Crippen LogP contribution < -0.4 is 11.1 Å². The van der Waals surface area contributed by atoms with Crippen LogP contribution in [0.25, 0.3) is 5.82 Å². The summed E-state index contributed by atoms with van der Waals surface area (Å²) in [7, 11) is 0. The molecule has 0 saturated heterocycles. The minimum atomic E-state index is -0.408. The molecule has 2 heterocycles. The maximum atomic E-state index is 12.4. The average molecular weight is 301 g/mol. The second kappa shape index (κ2) is 6.70. The maximum absolute atomic E-state index is 12.4. The van der Waals surface area contributed by atoms with E-state index in [0.29, 0.717) is 18.0 Å². The lowest BCUT2D eigenvalue weighted by Crippen LogP contribution is -2.52. The number of nitrogens with one attached hydrogen (secondary N) is 1. The Hall–Kier alpha value is -2.21. The first-order chi connectivity index (χ1) is 10.4. The summed E-state index contributed by atoms with van der Waals surface area (Å²) in [4.78, 5) is 20.6. The monoisotopic (exact) mass is 301 g/mol. The highest BCUT2D eigenvalue weighted by Gasteiger charge is 2.26. The van der Waals surface area contributed by atoms with Gasteiger partial charge in [-0.15, -0.1) is 0 Å². The van der Waals surface area contributed by atoms with Crippen molar-refractivity contribution < 1.29 is 4.79 Å². The SMILES string of the molecule is CC(C)CC(C)(CN)NC(=O)c1ccc(-n2ccnc2)nc1. The predicted octanol–water partition coefficient (Wildman–Crippen LogP) is 1.76. The van der Waals surface area contributed by atoms with Gasteiger partial charge < -0.3 is 11.1 Å². The van der Waals surface area contributed by atoms with Gasteiger partial charge in [0.1, 0.15) is 12.1 Å². The summed E-state index contributed by atoms with van der Waals surface area (Å²) in [5, 5.41) is 3.02. The summed E-state index contributed by atoms with van der Waals surface area (Å²) >= 11 is 0. The first-order valence-electron chi connectivity index (χ1n) is 7.40. The van der Waals surface area contributed by atoms with E-state index >= 15 is 0 Å². The van der Waals surface area contributed by atoms with Crippen molar-refractivity contribution in [3.8, 4) is 5.82 Å². The molecule has 22 heavy (non-hydrogen) atoms. The minimum Gasteiger partial charge on any atom is -0.346 e. The van der Waals surface area contributed by atoms with Crippen molar-refractivity contribution in [2.45, 2.75) is 32.7 Å².